The number of fused-ring (bicyclic) bond motifs is 1. The highest BCUT2D eigenvalue weighted by Crippen LogP contribution is 2.34. The molecular formula is C19H21FN6O3S2. The average molecular weight is 465 g/mol. The summed E-state index contributed by atoms with van der Waals surface area (Å²) in [5.41, 5.74) is 2.00. The van der Waals surface area contributed by atoms with Gasteiger partial charge in [0.15, 0.2) is 10.8 Å². The van der Waals surface area contributed by atoms with E-state index in [1.54, 1.807) is 4.90 Å². The van der Waals surface area contributed by atoms with Crippen LogP contribution in [0.2, 0.25) is 0 Å². The van der Waals surface area contributed by atoms with Gasteiger partial charge in [-0.25, -0.2) is 23.3 Å². The molecule has 3 heterocycles. The Morgan fingerprint density at radius 1 is 1.32 bits per heavy atom. The number of nitrogens with zero attached hydrogens (tertiary/aromatic N) is 5. The summed E-state index contributed by atoms with van der Waals surface area (Å²) in [6.45, 7) is 4.97. The first-order valence-corrected chi connectivity index (χ1v) is 11.5. The van der Waals surface area contributed by atoms with Crippen LogP contribution >= 0.6 is 11.5 Å². The van der Waals surface area contributed by atoms with Crippen LogP contribution in [0.1, 0.15) is 40.5 Å². The van der Waals surface area contributed by atoms with Crippen molar-refractivity contribution < 1.29 is 17.9 Å². The SMILES string of the molecule is Cc1nsc(-c2nc(CCNS(=O)O)c3n2CCN(C(=O)c2ccc(F)cc2)[C@@H]3C)n1. The number of carbonyl (C=O) groups is 1. The lowest BCUT2D eigenvalue weighted by Crippen LogP contribution is -2.41. The van der Waals surface area contributed by atoms with Crippen molar-refractivity contribution in [3.05, 3.63) is 52.9 Å². The smallest absolute Gasteiger partial charge is 0.254 e. The molecule has 0 fully saturated rings. The number of imidazole rings is 1. The van der Waals surface area contributed by atoms with Crippen molar-refractivity contribution in [2.45, 2.75) is 32.9 Å². The van der Waals surface area contributed by atoms with Gasteiger partial charge in [-0.2, -0.15) is 4.37 Å². The Labute approximate surface area is 184 Å². The second-order valence-electron chi connectivity index (χ2n) is 7.14. The van der Waals surface area contributed by atoms with E-state index < -0.39 is 17.1 Å². The van der Waals surface area contributed by atoms with Crippen molar-refractivity contribution in [3.63, 3.8) is 0 Å². The van der Waals surface area contributed by atoms with Crippen molar-refractivity contribution in [1.29, 1.82) is 0 Å². The maximum Gasteiger partial charge on any atom is 0.254 e. The van der Waals surface area contributed by atoms with Gasteiger partial charge in [0.25, 0.3) is 5.91 Å². The molecule has 1 aliphatic heterocycles. The van der Waals surface area contributed by atoms with Gasteiger partial charge in [0, 0.05) is 31.6 Å². The maximum atomic E-state index is 13.3. The van der Waals surface area contributed by atoms with Crippen molar-refractivity contribution in [3.8, 4) is 10.8 Å². The molecule has 164 valence electrons. The lowest BCUT2D eigenvalue weighted by atomic mass is 10.1. The van der Waals surface area contributed by atoms with Gasteiger partial charge >= 0.3 is 0 Å². The van der Waals surface area contributed by atoms with E-state index in [1.807, 2.05) is 18.4 Å². The van der Waals surface area contributed by atoms with E-state index in [9.17, 15) is 13.4 Å². The molecule has 0 bridgehead atoms. The molecule has 2 N–H and O–H groups in total. The molecule has 2 aromatic heterocycles. The zero-order valence-corrected chi connectivity index (χ0v) is 18.5. The summed E-state index contributed by atoms with van der Waals surface area (Å²) in [6, 6.07) is 5.21. The summed E-state index contributed by atoms with van der Waals surface area (Å²) in [5, 5.41) is 0.689. The van der Waals surface area contributed by atoms with E-state index in [-0.39, 0.29) is 18.5 Å². The second-order valence-corrected chi connectivity index (χ2v) is 8.68. The quantitative estimate of drug-likeness (QED) is 0.542. The summed E-state index contributed by atoms with van der Waals surface area (Å²) in [6.07, 6.45) is 0.405. The van der Waals surface area contributed by atoms with Crippen molar-refractivity contribution in [2.24, 2.45) is 0 Å². The molecule has 1 aromatic carbocycles. The van der Waals surface area contributed by atoms with E-state index in [0.29, 0.717) is 41.7 Å². The lowest BCUT2D eigenvalue weighted by molar-refractivity contribution is 0.0643. The number of nitrogens with one attached hydrogen (secondary N) is 1. The summed E-state index contributed by atoms with van der Waals surface area (Å²) in [5.74, 6) is 0.762. The Balaban J connectivity index is 1.69. The number of rotatable bonds is 6. The summed E-state index contributed by atoms with van der Waals surface area (Å²) < 4.78 is 42.0. The van der Waals surface area contributed by atoms with Gasteiger partial charge in [0.05, 0.1) is 17.4 Å². The van der Waals surface area contributed by atoms with Gasteiger partial charge in [-0.15, -0.1) is 0 Å². The Kier molecular flexibility index (Phi) is 6.23. The topological polar surface area (TPSA) is 113 Å². The van der Waals surface area contributed by atoms with Crippen LogP contribution in [0.5, 0.6) is 0 Å². The predicted molar refractivity (Wildman–Crippen MR) is 114 cm³/mol. The molecule has 3 aromatic rings. The molecule has 1 unspecified atom stereocenters. The minimum absolute atomic E-state index is 0.186. The van der Waals surface area contributed by atoms with Gasteiger partial charge < -0.3 is 9.47 Å². The lowest BCUT2D eigenvalue weighted by Gasteiger charge is -2.35. The van der Waals surface area contributed by atoms with Crippen LogP contribution in [-0.2, 0) is 24.2 Å². The molecule has 0 saturated heterocycles. The first-order valence-electron chi connectivity index (χ1n) is 9.66. The maximum absolute atomic E-state index is 13.3. The Morgan fingerprint density at radius 3 is 2.71 bits per heavy atom. The number of benzene rings is 1. The minimum Gasteiger partial charge on any atom is -0.329 e. The van der Waals surface area contributed by atoms with Crippen LogP contribution in [0.4, 0.5) is 4.39 Å². The fraction of sp³-hybridized carbons (Fsp3) is 0.368. The summed E-state index contributed by atoms with van der Waals surface area (Å²) >= 11 is -0.857. The minimum atomic E-state index is -2.12. The Morgan fingerprint density at radius 2 is 2.06 bits per heavy atom. The van der Waals surface area contributed by atoms with E-state index in [4.69, 9.17) is 9.54 Å². The van der Waals surface area contributed by atoms with Gasteiger partial charge in [0.1, 0.15) is 11.6 Å². The zero-order valence-electron chi connectivity index (χ0n) is 16.9. The number of aromatic nitrogens is 4. The van der Waals surface area contributed by atoms with Crippen molar-refractivity contribution >= 4 is 28.7 Å². The largest absolute Gasteiger partial charge is 0.329 e. The molecule has 0 radical (unpaired) electrons. The third kappa shape index (κ3) is 4.42. The van der Waals surface area contributed by atoms with E-state index in [0.717, 1.165) is 11.4 Å². The number of hydrogen-bond donors (Lipinski definition) is 2. The number of carbonyl (C=O) groups excluding carboxylic acids is 1. The monoisotopic (exact) mass is 464 g/mol. The Hall–Kier alpha value is -2.54. The van der Waals surface area contributed by atoms with Crippen LogP contribution < -0.4 is 4.72 Å². The van der Waals surface area contributed by atoms with Gasteiger partial charge in [0.2, 0.25) is 11.3 Å². The normalized spacial score (nSPS) is 16.9. The number of halogens is 1. The van der Waals surface area contributed by atoms with E-state index in [1.165, 1.54) is 35.8 Å². The third-order valence-corrected chi connectivity index (χ3v) is 6.42. The van der Waals surface area contributed by atoms with Crippen molar-refractivity contribution in [1.82, 2.24) is 28.5 Å². The molecule has 1 amide bonds. The van der Waals surface area contributed by atoms with E-state index >= 15 is 0 Å². The molecule has 1 aliphatic rings. The Bertz CT molecular complexity index is 1130. The predicted octanol–water partition coefficient (Wildman–Crippen LogP) is 2.33. The molecule has 31 heavy (non-hydrogen) atoms. The highest BCUT2D eigenvalue weighted by atomic mass is 32.2. The molecule has 2 atom stereocenters. The first-order chi connectivity index (χ1) is 14.8. The van der Waals surface area contributed by atoms with Crippen LogP contribution in [0.25, 0.3) is 10.8 Å². The standard InChI is InChI=1S/C19H21FN6O3S2/c1-11-16-15(7-8-21-31(28)29)23-17(18-22-12(2)24-30-18)26(16)10-9-25(11)19(27)13-3-5-14(20)6-4-13/h3-6,11,21H,7-10H2,1-2H3,(H,28,29)/t11-/m1/s1. The fourth-order valence-corrected chi connectivity index (χ4v) is 4.73. The highest BCUT2D eigenvalue weighted by Gasteiger charge is 2.34. The van der Waals surface area contributed by atoms with Crippen LogP contribution in [0.15, 0.2) is 24.3 Å². The van der Waals surface area contributed by atoms with Crippen LogP contribution in [-0.4, -0.2) is 51.6 Å². The number of aryl methyl sites for hydroxylation is 1. The zero-order chi connectivity index (χ0) is 22.1. The second kappa shape index (κ2) is 8.91. The summed E-state index contributed by atoms with van der Waals surface area (Å²) in [4.78, 5) is 24.0. The van der Waals surface area contributed by atoms with Gasteiger partial charge in [-0.3, -0.25) is 9.35 Å². The van der Waals surface area contributed by atoms with Crippen LogP contribution in [0.3, 0.4) is 0 Å². The summed E-state index contributed by atoms with van der Waals surface area (Å²) in [7, 11) is 0. The van der Waals surface area contributed by atoms with Gasteiger partial charge in [-0.05, 0) is 49.6 Å². The highest BCUT2D eigenvalue weighted by molar-refractivity contribution is 7.77. The first kappa shape index (κ1) is 21.7. The molecule has 12 heteroatoms. The molecule has 0 saturated carbocycles. The number of amides is 1. The molecule has 0 aliphatic carbocycles. The van der Waals surface area contributed by atoms with E-state index in [2.05, 4.69) is 14.1 Å². The van der Waals surface area contributed by atoms with Crippen molar-refractivity contribution in [2.75, 3.05) is 13.1 Å². The fourth-order valence-electron chi connectivity index (χ4n) is 3.78. The molecule has 9 nitrogen and oxygen atoms in total. The average Bonchev–Trinajstić information content (AvgIpc) is 3.32. The van der Waals surface area contributed by atoms with Gasteiger partial charge in [-0.1, -0.05) is 0 Å². The van der Waals surface area contributed by atoms with Crippen LogP contribution in [0, 0.1) is 12.7 Å². The third-order valence-electron chi connectivity index (χ3n) is 5.17. The molecule has 4 rings (SSSR count). The molecular weight excluding hydrogens is 443 g/mol. The molecule has 0 spiro atoms. The number of hydrogen-bond acceptors (Lipinski definition) is 6.